The largest absolute Gasteiger partial charge is 0.396 e. The quantitative estimate of drug-likeness (QED) is 0.754. The third-order valence-corrected chi connectivity index (χ3v) is 2.68. The molecule has 0 radical (unpaired) electrons. The van der Waals surface area contributed by atoms with Gasteiger partial charge in [0.25, 0.3) is 0 Å². The SMILES string of the molecule is CN(C)[C@H](c1ccccc1)[C@H](CN)CO. The smallest absolute Gasteiger partial charge is 0.0489 e. The summed E-state index contributed by atoms with van der Waals surface area (Å²) >= 11 is 0. The molecule has 2 atom stereocenters. The first-order chi connectivity index (χ1) is 7.20. The highest BCUT2D eigenvalue weighted by Gasteiger charge is 2.22. The van der Waals surface area contributed by atoms with Gasteiger partial charge in [0.2, 0.25) is 0 Å². The molecule has 3 N–H and O–H groups in total. The number of hydrogen-bond donors (Lipinski definition) is 2. The van der Waals surface area contributed by atoms with Crippen molar-refractivity contribution in [1.29, 1.82) is 0 Å². The normalized spacial score (nSPS) is 15.3. The van der Waals surface area contributed by atoms with Crippen LogP contribution in [-0.4, -0.2) is 37.3 Å². The Labute approximate surface area is 91.5 Å². The highest BCUT2D eigenvalue weighted by Crippen LogP contribution is 2.25. The van der Waals surface area contributed by atoms with Crippen molar-refractivity contribution in [3.63, 3.8) is 0 Å². The second-order valence-corrected chi connectivity index (χ2v) is 4.00. The monoisotopic (exact) mass is 208 g/mol. The molecule has 0 aliphatic rings. The molecular weight excluding hydrogens is 188 g/mol. The molecular formula is C12H20N2O. The van der Waals surface area contributed by atoms with Crippen molar-refractivity contribution in [2.45, 2.75) is 6.04 Å². The van der Waals surface area contributed by atoms with Crippen molar-refractivity contribution in [3.05, 3.63) is 35.9 Å². The van der Waals surface area contributed by atoms with Crippen molar-refractivity contribution < 1.29 is 5.11 Å². The van der Waals surface area contributed by atoms with E-state index in [1.54, 1.807) is 0 Å². The summed E-state index contributed by atoms with van der Waals surface area (Å²) in [5, 5.41) is 9.30. The lowest BCUT2D eigenvalue weighted by Crippen LogP contribution is -2.34. The molecule has 84 valence electrons. The van der Waals surface area contributed by atoms with Crippen LogP contribution in [0.4, 0.5) is 0 Å². The third kappa shape index (κ3) is 3.02. The topological polar surface area (TPSA) is 49.5 Å². The van der Waals surface area contributed by atoms with Crippen LogP contribution in [0.25, 0.3) is 0 Å². The van der Waals surface area contributed by atoms with Gasteiger partial charge in [0.15, 0.2) is 0 Å². The Hall–Kier alpha value is -0.900. The van der Waals surface area contributed by atoms with Crippen molar-refractivity contribution in [2.24, 2.45) is 11.7 Å². The number of hydrogen-bond acceptors (Lipinski definition) is 3. The fraction of sp³-hybridized carbons (Fsp3) is 0.500. The number of nitrogens with two attached hydrogens (primary N) is 1. The van der Waals surface area contributed by atoms with Gasteiger partial charge in [0.1, 0.15) is 0 Å². The van der Waals surface area contributed by atoms with Gasteiger partial charge in [-0.05, 0) is 26.2 Å². The molecule has 0 unspecified atom stereocenters. The van der Waals surface area contributed by atoms with Crippen molar-refractivity contribution in [3.8, 4) is 0 Å². The van der Waals surface area contributed by atoms with Crippen LogP contribution < -0.4 is 5.73 Å². The maximum absolute atomic E-state index is 9.30. The van der Waals surface area contributed by atoms with Crippen molar-refractivity contribution in [2.75, 3.05) is 27.2 Å². The Morgan fingerprint density at radius 3 is 2.27 bits per heavy atom. The molecule has 1 rings (SSSR count). The van der Waals surface area contributed by atoms with E-state index in [1.165, 1.54) is 5.56 Å². The fourth-order valence-electron chi connectivity index (χ4n) is 1.95. The molecule has 0 aromatic heterocycles. The minimum atomic E-state index is 0.0856. The summed E-state index contributed by atoms with van der Waals surface area (Å²) in [4.78, 5) is 2.10. The van der Waals surface area contributed by atoms with E-state index < -0.39 is 0 Å². The molecule has 0 saturated carbocycles. The van der Waals surface area contributed by atoms with E-state index in [0.29, 0.717) is 6.54 Å². The molecule has 0 heterocycles. The average molecular weight is 208 g/mol. The first kappa shape index (κ1) is 12.2. The van der Waals surface area contributed by atoms with E-state index in [4.69, 9.17) is 5.73 Å². The first-order valence-corrected chi connectivity index (χ1v) is 5.23. The maximum atomic E-state index is 9.30. The predicted molar refractivity (Wildman–Crippen MR) is 62.5 cm³/mol. The van der Waals surface area contributed by atoms with Crippen LogP contribution in [-0.2, 0) is 0 Å². The molecule has 3 heteroatoms. The summed E-state index contributed by atoms with van der Waals surface area (Å²) in [6.45, 7) is 0.614. The van der Waals surface area contributed by atoms with E-state index >= 15 is 0 Å². The molecule has 0 aliphatic heterocycles. The van der Waals surface area contributed by atoms with Crippen LogP contribution in [0.3, 0.4) is 0 Å². The van der Waals surface area contributed by atoms with E-state index in [9.17, 15) is 5.11 Å². The molecule has 0 saturated heterocycles. The lowest BCUT2D eigenvalue weighted by atomic mass is 9.93. The van der Waals surface area contributed by atoms with Gasteiger partial charge in [-0.25, -0.2) is 0 Å². The summed E-state index contributed by atoms with van der Waals surface area (Å²) < 4.78 is 0. The zero-order valence-electron chi connectivity index (χ0n) is 9.43. The third-order valence-electron chi connectivity index (χ3n) is 2.68. The molecule has 1 aromatic rings. The standard InChI is InChI=1S/C12H20N2O/c1-14(2)12(11(8-13)9-15)10-6-4-3-5-7-10/h3-7,11-12,15H,8-9,13H2,1-2H3/t11-,12-/m1/s1. The van der Waals surface area contributed by atoms with E-state index in [-0.39, 0.29) is 18.6 Å². The van der Waals surface area contributed by atoms with Crippen LogP contribution in [0, 0.1) is 5.92 Å². The summed E-state index contributed by atoms with van der Waals surface area (Å²) in [5.74, 6) is 0.0856. The van der Waals surface area contributed by atoms with E-state index in [2.05, 4.69) is 17.0 Å². The fourth-order valence-corrected chi connectivity index (χ4v) is 1.95. The lowest BCUT2D eigenvalue weighted by Gasteiger charge is -2.31. The maximum Gasteiger partial charge on any atom is 0.0489 e. The summed E-state index contributed by atoms with van der Waals surface area (Å²) in [7, 11) is 4.02. The Morgan fingerprint density at radius 1 is 1.27 bits per heavy atom. The average Bonchev–Trinajstić information content (AvgIpc) is 2.26. The van der Waals surface area contributed by atoms with Crippen LogP contribution in [0.5, 0.6) is 0 Å². The Morgan fingerprint density at radius 2 is 1.87 bits per heavy atom. The van der Waals surface area contributed by atoms with Crippen molar-refractivity contribution >= 4 is 0 Å². The number of nitrogens with zero attached hydrogens (tertiary/aromatic N) is 1. The minimum Gasteiger partial charge on any atom is -0.396 e. The van der Waals surface area contributed by atoms with Crippen LogP contribution in [0.1, 0.15) is 11.6 Å². The van der Waals surface area contributed by atoms with Crippen LogP contribution in [0.15, 0.2) is 30.3 Å². The van der Waals surface area contributed by atoms with Gasteiger partial charge >= 0.3 is 0 Å². The Bertz CT molecular complexity index is 270. The first-order valence-electron chi connectivity index (χ1n) is 5.23. The number of aliphatic hydroxyl groups excluding tert-OH is 1. The highest BCUT2D eigenvalue weighted by molar-refractivity contribution is 5.19. The van der Waals surface area contributed by atoms with Crippen LogP contribution >= 0.6 is 0 Å². The zero-order valence-corrected chi connectivity index (χ0v) is 9.43. The summed E-state index contributed by atoms with van der Waals surface area (Å²) in [6.07, 6.45) is 0. The molecule has 0 aliphatic carbocycles. The van der Waals surface area contributed by atoms with E-state index in [0.717, 1.165) is 0 Å². The second-order valence-electron chi connectivity index (χ2n) is 4.00. The lowest BCUT2D eigenvalue weighted by molar-refractivity contribution is 0.138. The molecule has 0 spiro atoms. The second kappa shape index (κ2) is 5.85. The molecule has 15 heavy (non-hydrogen) atoms. The number of rotatable bonds is 5. The summed E-state index contributed by atoms with van der Waals surface area (Å²) in [5.41, 5.74) is 6.87. The van der Waals surface area contributed by atoms with Gasteiger partial charge in [-0.3, -0.25) is 0 Å². The Balaban J connectivity index is 2.92. The molecule has 0 bridgehead atoms. The zero-order chi connectivity index (χ0) is 11.3. The predicted octanol–water partition coefficient (Wildman–Crippen LogP) is 0.856. The van der Waals surface area contributed by atoms with E-state index in [1.807, 2.05) is 32.3 Å². The van der Waals surface area contributed by atoms with Gasteiger partial charge in [-0.2, -0.15) is 0 Å². The van der Waals surface area contributed by atoms with Crippen LogP contribution in [0.2, 0.25) is 0 Å². The number of aliphatic hydroxyl groups is 1. The van der Waals surface area contributed by atoms with Gasteiger partial charge in [-0.15, -0.1) is 0 Å². The molecule has 0 amide bonds. The van der Waals surface area contributed by atoms with Crippen molar-refractivity contribution in [1.82, 2.24) is 4.90 Å². The molecule has 3 nitrogen and oxygen atoms in total. The molecule has 1 aromatic carbocycles. The number of benzene rings is 1. The van der Waals surface area contributed by atoms with Gasteiger partial charge in [-0.1, -0.05) is 30.3 Å². The summed E-state index contributed by atoms with van der Waals surface area (Å²) in [6, 6.07) is 10.3. The Kier molecular flexibility index (Phi) is 4.75. The highest BCUT2D eigenvalue weighted by atomic mass is 16.3. The minimum absolute atomic E-state index is 0.0856. The van der Waals surface area contributed by atoms with Gasteiger partial charge in [0.05, 0.1) is 0 Å². The van der Waals surface area contributed by atoms with Gasteiger partial charge in [0, 0.05) is 18.6 Å². The molecule has 0 fully saturated rings. The van der Waals surface area contributed by atoms with Gasteiger partial charge < -0.3 is 15.7 Å².